The van der Waals surface area contributed by atoms with E-state index in [4.69, 9.17) is 16.3 Å². The van der Waals surface area contributed by atoms with Crippen molar-refractivity contribution in [2.24, 2.45) is 0 Å². The van der Waals surface area contributed by atoms with Crippen LogP contribution in [0, 0.1) is 11.3 Å². The summed E-state index contributed by atoms with van der Waals surface area (Å²) in [5.41, 5.74) is -0.131. The third-order valence-corrected chi connectivity index (χ3v) is 5.58. The third-order valence-electron chi connectivity index (χ3n) is 4.19. The number of halogens is 4. The van der Waals surface area contributed by atoms with Crippen LogP contribution in [0.5, 0.6) is 5.75 Å². The van der Waals surface area contributed by atoms with Crippen LogP contribution in [0.25, 0.3) is 11.3 Å². The van der Waals surface area contributed by atoms with Gasteiger partial charge in [-0.2, -0.15) is 18.4 Å². The van der Waals surface area contributed by atoms with E-state index in [0.717, 1.165) is 23.4 Å². The zero-order chi connectivity index (χ0) is 21.7. The maximum Gasteiger partial charge on any atom is 0.417 e. The molecule has 0 radical (unpaired) electrons. The Kier molecular flexibility index (Phi) is 6.91. The number of ether oxygens (including phenoxy) is 1. The minimum atomic E-state index is -4.69. The molecular weight excluding hydrogens is 433 g/mol. The van der Waals surface area contributed by atoms with Crippen LogP contribution in [0.1, 0.15) is 23.6 Å². The van der Waals surface area contributed by atoms with E-state index in [0.29, 0.717) is 22.9 Å². The molecule has 0 unspecified atom stereocenters. The maximum atomic E-state index is 13.7. The Balaban J connectivity index is 2.04. The third kappa shape index (κ3) is 5.07. The molecule has 154 valence electrons. The summed E-state index contributed by atoms with van der Waals surface area (Å²) in [5, 5.41) is 9.94. The highest BCUT2D eigenvalue weighted by molar-refractivity contribution is 7.98. The van der Waals surface area contributed by atoms with Crippen LogP contribution < -0.4 is 4.74 Å². The lowest BCUT2D eigenvalue weighted by Gasteiger charge is -2.15. The minimum Gasteiger partial charge on any atom is -0.494 e. The second-order valence-electron chi connectivity index (χ2n) is 6.18. The molecule has 0 saturated heterocycles. The summed E-state index contributed by atoms with van der Waals surface area (Å²) in [6, 6.07) is 16.2. The Bertz CT molecular complexity index is 1080. The molecule has 0 bridgehead atoms. The number of benzene rings is 2. The Hall–Kier alpha value is -2.69. The fourth-order valence-electron chi connectivity index (χ4n) is 2.76. The summed E-state index contributed by atoms with van der Waals surface area (Å²) in [6.07, 6.45) is -4.69. The molecule has 0 atom stereocenters. The van der Waals surface area contributed by atoms with Crippen LogP contribution in [0.15, 0.2) is 59.6 Å². The van der Waals surface area contributed by atoms with Crippen molar-refractivity contribution in [2.75, 3.05) is 6.61 Å². The van der Waals surface area contributed by atoms with Gasteiger partial charge in [0.05, 0.1) is 23.4 Å². The Morgan fingerprint density at radius 1 is 1.13 bits per heavy atom. The summed E-state index contributed by atoms with van der Waals surface area (Å²) in [7, 11) is 0. The molecule has 0 fully saturated rings. The molecule has 0 spiro atoms. The van der Waals surface area contributed by atoms with E-state index in [1.165, 1.54) is 0 Å². The molecule has 0 aliphatic rings. The first kappa shape index (κ1) is 22.0. The second kappa shape index (κ2) is 9.41. The highest BCUT2D eigenvalue weighted by Gasteiger charge is 2.36. The maximum absolute atomic E-state index is 13.7. The standard InChI is InChI=1S/C22H16ClF3N2OS/c1-2-29-16-9-7-14(8-10-16)20-11-18(22(24,25)26)17(12-27)21(28-20)30-13-15-5-3-4-6-19(15)23/h3-11H,2,13H2,1H3. The Morgan fingerprint density at radius 3 is 2.43 bits per heavy atom. The highest BCUT2D eigenvalue weighted by atomic mass is 35.5. The highest BCUT2D eigenvalue weighted by Crippen LogP contribution is 2.39. The van der Waals surface area contributed by atoms with Gasteiger partial charge in [-0.1, -0.05) is 29.8 Å². The molecule has 0 aliphatic carbocycles. The average molecular weight is 449 g/mol. The minimum absolute atomic E-state index is 0.0103. The van der Waals surface area contributed by atoms with Crippen LogP contribution in [-0.2, 0) is 11.9 Å². The first-order valence-electron chi connectivity index (χ1n) is 8.95. The summed E-state index contributed by atoms with van der Waals surface area (Å²) in [5.74, 6) is 0.894. The second-order valence-corrected chi connectivity index (χ2v) is 7.55. The van der Waals surface area contributed by atoms with Crippen LogP contribution >= 0.6 is 23.4 Å². The summed E-state index contributed by atoms with van der Waals surface area (Å²) in [4.78, 5) is 4.36. The number of hydrogen-bond donors (Lipinski definition) is 0. The largest absolute Gasteiger partial charge is 0.494 e. The van der Waals surface area contributed by atoms with E-state index in [1.807, 2.05) is 6.92 Å². The van der Waals surface area contributed by atoms with Gasteiger partial charge in [0.2, 0.25) is 0 Å². The number of nitrogens with zero attached hydrogens (tertiary/aromatic N) is 2. The lowest BCUT2D eigenvalue weighted by Crippen LogP contribution is -2.10. The zero-order valence-corrected chi connectivity index (χ0v) is 17.4. The fourth-order valence-corrected chi connectivity index (χ4v) is 4.04. The summed E-state index contributed by atoms with van der Waals surface area (Å²) in [6.45, 7) is 2.32. The van der Waals surface area contributed by atoms with Crippen LogP contribution in [0.3, 0.4) is 0 Å². The predicted molar refractivity (Wildman–Crippen MR) is 112 cm³/mol. The molecule has 0 aliphatic heterocycles. The molecule has 30 heavy (non-hydrogen) atoms. The number of thioether (sulfide) groups is 1. The molecule has 3 nitrogen and oxygen atoms in total. The van der Waals surface area contributed by atoms with Crippen molar-refractivity contribution >= 4 is 23.4 Å². The SMILES string of the molecule is CCOc1ccc(-c2cc(C(F)(F)F)c(C#N)c(SCc3ccccc3Cl)n2)cc1. The van der Waals surface area contributed by atoms with Gasteiger partial charge in [0, 0.05) is 16.3 Å². The van der Waals surface area contributed by atoms with E-state index in [1.54, 1.807) is 54.6 Å². The van der Waals surface area contributed by atoms with Gasteiger partial charge in [0.25, 0.3) is 0 Å². The van der Waals surface area contributed by atoms with Crippen LogP contribution in [0.4, 0.5) is 13.2 Å². The number of nitriles is 1. The van der Waals surface area contributed by atoms with Crippen molar-refractivity contribution < 1.29 is 17.9 Å². The quantitative estimate of drug-likeness (QED) is 0.381. The summed E-state index contributed by atoms with van der Waals surface area (Å²) < 4.78 is 46.4. The van der Waals surface area contributed by atoms with Gasteiger partial charge in [0.1, 0.15) is 16.8 Å². The lowest BCUT2D eigenvalue weighted by atomic mass is 10.1. The molecule has 0 saturated carbocycles. The van der Waals surface area contributed by atoms with Crippen molar-refractivity contribution in [2.45, 2.75) is 23.9 Å². The van der Waals surface area contributed by atoms with Crippen molar-refractivity contribution in [1.29, 1.82) is 5.26 Å². The van der Waals surface area contributed by atoms with Gasteiger partial charge in [-0.05, 0) is 48.9 Å². The van der Waals surface area contributed by atoms with Gasteiger partial charge >= 0.3 is 6.18 Å². The Morgan fingerprint density at radius 2 is 1.83 bits per heavy atom. The van der Waals surface area contributed by atoms with E-state index in [2.05, 4.69) is 4.98 Å². The monoisotopic (exact) mass is 448 g/mol. The van der Waals surface area contributed by atoms with Crippen LogP contribution in [0.2, 0.25) is 5.02 Å². The molecule has 0 amide bonds. The first-order chi connectivity index (χ1) is 14.3. The molecule has 3 rings (SSSR count). The lowest BCUT2D eigenvalue weighted by molar-refractivity contribution is -0.138. The number of pyridine rings is 1. The van der Waals surface area contributed by atoms with E-state index in [-0.39, 0.29) is 16.5 Å². The fraction of sp³-hybridized carbons (Fsp3) is 0.182. The van der Waals surface area contributed by atoms with Gasteiger partial charge in [-0.3, -0.25) is 0 Å². The predicted octanol–water partition coefficient (Wildman–Crippen LogP) is 6.98. The molecule has 8 heteroatoms. The number of aromatic nitrogens is 1. The smallest absolute Gasteiger partial charge is 0.417 e. The average Bonchev–Trinajstić information content (AvgIpc) is 2.72. The molecular formula is C22H16ClF3N2OS. The topological polar surface area (TPSA) is 45.9 Å². The van der Waals surface area contributed by atoms with Gasteiger partial charge < -0.3 is 4.74 Å². The number of alkyl halides is 3. The van der Waals surface area contributed by atoms with Crippen molar-refractivity contribution in [3.8, 4) is 23.1 Å². The van der Waals surface area contributed by atoms with E-state index in [9.17, 15) is 18.4 Å². The molecule has 3 aromatic rings. The molecule has 0 N–H and O–H groups in total. The van der Waals surface area contributed by atoms with Crippen LogP contribution in [-0.4, -0.2) is 11.6 Å². The van der Waals surface area contributed by atoms with Gasteiger partial charge in [0.15, 0.2) is 0 Å². The molecule has 1 aromatic heterocycles. The Labute approximate surface area is 181 Å². The van der Waals surface area contributed by atoms with Crippen molar-refractivity contribution in [3.05, 3.63) is 76.3 Å². The van der Waals surface area contributed by atoms with Gasteiger partial charge in [-0.25, -0.2) is 4.98 Å². The van der Waals surface area contributed by atoms with Gasteiger partial charge in [-0.15, -0.1) is 11.8 Å². The number of rotatable bonds is 6. The van der Waals surface area contributed by atoms with E-state index < -0.39 is 17.3 Å². The zero-order valence-electron chi connectivity index (χ0n) is 15.8. The van der Waals surface area contributed by atoms with E-state index >= 15 is 0 Å². The first-order valence-corrected chi connectivity index (χ1v) is 10.3. The van der Waals surface area contributed by atoms with Crippen molar-refractivity contribution in [1.82, 2.24) is 4.98 Å². The normalized spacial score (nSPS) is 11.2. The number of hydrogen-bond acceptors (Lipinski definition) is 4. The van der Waals surface area contributed by atoms with Crippen molar-refractivity contribution in [3.63, 3.8) is 0 Å². The molecule has 2 aromatic carbocycles. The summed E-state index contributed by atoms with van der Waals surface area (Å²) >= 11 is 7.19. The molecule has 1 heterocycles.